The van der Waals surface area contributed by atoms with Gasteiger partial charge in [0.2, 0.25) is 0 Å². The Bertz CT molecular complexity index is 640. The summed E-state index contributed by atoms with van der Waals surface area (Å²) in [4.78, 5) is 12.6. The summed E-state index contributed by atoms with van der Waals surface area (Å²) in [5, 5.41) is 3.27. The first-order valence-electron chi connectivity index (χ1n) is 7.67. The van der Waals surface area contributed by atoms with Crippen molar-refractivity contribution in [3.63, 3.8) is 0 Å². The molecule has 3 nitrogen and oxygen atoms in total. The van der Waals surface area contributed by atoms with Gasteiger partial charge in [-0.25, -0.2) is 0 Å². The van der Waals surface area contributed by atoms with Crippen LogP contribution in [0.25, 0.3) is 0 Å². The Balaban J connectivity index is 1.97. The van der Waals surface area contributed by atoms with Crippen LogP contribution in [0.15, 0.2) is 53.4 Å². The van der Waals surface area contributed by atoms with E-state index in [-0.39, 0.29) is 11.8 Å². The molecule has 2 aromatic carbocycles. The van der Waals surface area contributed by atoms with Crippen molar-refractivity contribution in [3.8, 4) is 5.75 Å². The number of hydrogen-bond acceptors (Lipinski definition) is 4. The van der Waals surface area contributed by atoms with Crippen LogP contribution in [0.1, 0.15) is 25.0 Å². The van der Waals surface area contributed by atoms with Gasteiger partial charge in [0.05, 0.1) is 13.2 Å². The van der Waals surface area contributed by atoms with Crippen molar-refractivity contribution in [2.75, 3.05) is 7.11 Å². The molecule has 0 aliphatic rings. The molecule has 4 heteroatoms. The van der Waals surface area contributed by atoms with E-state index in [1.54, 1.807) is 14.0 Å². The number of ether oxygens (including phenoxy) is 1. The van der Waals surface area contributed by atoms with Gasteiger partial charge < -0.3 is 10.1 Å². The van der Waals surface area contributed by atoms with E-state index in [1.165, 1.54) is 16.0 Å². The third-order valence-corrected chi connectivity index (χ3v) is 4.92. The second kappa shape index (κ2) is 8.75. The standard InChI is InChI=1S/C19H23NO2S/c1-14(15(2)21)20-12-17-6-4-5-7-19(17)23-13-16-8-10-18(22-3)11-9-16/h4-11,14,20H,12-13H2,1-3H3. The smallest absolute Gasteiger partial charge is 0.146 e. The molecule has 2 aromatic rings. The molecular formula is C19H23NO2S. The molecule has 1 N–H and O–H groups in total. The second-order valence-electron chi connectivity index (χ2n) is 5.46. The third-order valence-electron chi connectivity index (χ3n) is 3.73. The predicted octanol–water partition coefficient (Wildman–Crippen LogP) is 4.05. The summed E-state index contributed by atoms with van der Waals surface area (Å²) in [6.45, 7) is 4.21. The Morgan fingerprint density at radius 3 is 2.52 bits per heavy atom. The third kappa shape index (κ3) is 5.41. The molecular weight excluding hydrogens is 306 g/mol. The summed E-state index contributed by atoms with van der Waals surface area (Å²) in [6, 6.07) is 16.3. The van der Waals surface area contributed by atoms with Gasteiger partial charge in [-0.15, -0.1) is 11.8 Å². The lowest BCUT2D eigenvalue weighted by Gasteiger charge is -2.13. The van der Waals surface area contributed by atoms with Gasteiger partial charge in [0.1, 0.15) is 11.5 Å². The lowest BCUT2D eigenvalue weighted by Crippen LogP contribution is -2.31. The zero-order valence-electron chi connectivity index (χ0n) is 13.8. The fraction of sp³-hybridized carbons (Fsp3) is 0.316. The fourth-order valence-electron chi connectivity index (χ4n) is 2.08. The average Bonchev–Trinajstić information content (AvgIpc) is 2.58. The Morgan fingerprint density at radius 1 is 1.17 bits per heavy atom. The lowest BCUT2D eigenvalue weighted by atomic mass is 10.2. The van der Waals surface area contributed by atoms with E-state index >= 15 is 0 Å². The Kier molecular flexibility index (Phi) is 6.68. The number of carbonyl (C=O) groups excluding carboxylic acids is 1. The van der Waals surface area contributed by atoms with Gasteiger partial charge in [-0.1, -0.05) is 30.3 Å². The largest absolute Gasteiger partial charge is 0.497 e. The molecule has 1 unspecified atom stereocenters. The Morgan fingerprint density at radius 2 is 1.87 bits per heavy atom. The lowest BCUT2D eigenvalue weighted by molar-refractivity contribution is -0.118. The van der Waals surface area contributed by atoms with Gasteiger partial charge in [-0.3, -0.25) is 4.79 Å². The Labute approximate surface area is 142 Å². The molecule has 0 fully saturated rings. The molecule has 1 atom stereocenters. The van der Waals surface area contributed by atoms with Gasteiger partial charge in [0, 0.05) is 17.2 Å². The summed E-state index contributed by atoms with van der Waals surface area (Å²) >= 11 is 1.81. The van der Waals surface area contributed by atoms with Crippen molar-refractivity contribution >= 4 is 17.5 Å². The summed E-state index contributed by atoms with van der Waals surface area (Å²) in [5.74, 6) is 1.94. The van der Waals surface area contributed by atoms with Gasteiger partial charge in [-0.05, 0) is 43.2 Å². The molecule has 0 aliphatic heterocycles. The number of thioether (sulfide) groups is 1. The van der Waals surface area contributed by atoms with E-state index in [1.807, 2.05) is 43.0 Å². The van der Waals surface area contributed by atoms with Crippen LogP contribution in [-0.4, -0.2) is 18.9 Å². The number of methoxy groups -OCH3 is 1. The van der Waals surface area contributed by atoms with Gasteiger partial charge in [0.25, 0.3) is 0 Å². The zero-order chi connectivity index (χ0) is 16.7. The molecule has 122 valence electrons. The van der Waals surface area contributed by atoms with Crippen LogP contribution in [0.5, 0.6) is 5.75 Å². The first kappa shape index (κ1) is 17.6. The summed E-state index contributed by atoms with van der Waals surface area (Å²) < 4.78 is 5.18. The minimum atomic E-state index is -0.116. The molecule has 0 saturated heterocycles. The number of hydrogen-bond donors (Lipinski definition) is 1. The van der Waals surface area contributed by atoms with Crippen LogP contribution in [0, 0.1) is 0 Å². The first-order chi connectivity index (χ1) is 11.1. The maximum Gasteiger partial charge on any atom is 0.146 e. The topological polar surface area (TPSA) is 38.3 Å². The molecule has 0 saturated carbocycles. The van der Waals surface area contributed by atoms with E-state index in [4.69, 9.17) is 4.74 Å². The molecule has 0 aliphatic carbocycles. The summed E-state index contributed by atoms with van der Waals surface area (Å²) in [7, 11) is 1.68. The molecule has 0 radical (unpaired) electrons. The van der Waals surface area contributed by atoms with E-state index in [0.717, 1.165) is 11.5 Å². The van der Waals surface area contributed by atoms with Crippen LogP contribution in [0.3, 0.4) is 0 Å². The highest BCUT2D eigenvalue weighted by atomic mass is 32.2. The maximum absolute atomic E-state index is 11.3. The van der Waals surface area contributed by atoms with Crippen LogP contribution in [0.4, 0.5) is 0 Å². The fourth-order valence-corrected chi connectivity index (χ4v) is 3.10. The van der Waals surface area contributed by atoms with E-state index in [2.05, 4.69) is 29.6 Å². The van der Waals surface area contributed by atoms with Gasteiger partial charge in [-0.2, -0.15) is 0 Å². The minimum Gasteiger partial charge on any atom is -0.497 e. The quantitative estimate of drug-likeness (QED) is 0.741. The van der Waals surface area contributed by atoms with Crippen LogP contribution in [0.2, 0.25) is 0 Å². The SMILES string of the molecule is COc1ccc(CSc2ccccc2CNC(C)C(C)=O)cc1. The van der Waals surface area contributed by atoms with Crippen molar-refractivity contribution in [2.45, 2.75) is 37.1 Å². The molecule has 23 heavy (non-hydrogen) atoms. The van der Waals surface area contributed by atoms with Crippen molar-refractivity contribution in [1.82, 2.24) is 5.32 Å². The summed E-state index contributed by atoms with van der Waals surface area (Å²) in [6.07, 6.45) is 0. The number of rotatable bonds is 8. The van der Waals surface area contributed by atoms with E-state index in [0.29, 0.717) is 6.54 Å². The molecule has 0 amide bonds. The van der Waals surface area contributed by atoms with Crippen LogP contribution in [-0.2, 0) is 17.1 Å². The highest BCUT2D eigenvalue weighted by Gasteiger charge is 2.08. The minimum absolute atomic E-state index is 0.116. The number of carbonyl (C=O) groups is 1. The molecule has 0 aromatic heterocycles. The molecule has 0 spiro atoms. The average molecular weight is 329 g/mol. The second-order valence-corrected chi connectivity index (χ2v) is 6.47. The van der Waals surface area contributed by atoms with E-state index < -0.39 is 0 Å². The molecule has 0 bridgehead atoms. The molecule has 0 heterocycles. The van der Waals surface area contributed by atoms with Gasteiger partial charge in [0.15, 0.2) is 0 Å². The normalized spacial score (nSPS) is 12.0. The predicted molar refractivity (Wildman–Crippen MR) is 96.0 cm³/mol. The maximum atomic E-state index is 11.3. The van der Waals surface area contributed by atoms with Crippen LogP contribution >= 0.6 is 11.8 Å². The number of nitrogens with one attached hydrogen (secondary N) is 1. The first-order valence-corrected chi connectivity index (χ1v) is 8.66. The van der Waals surface area contributed by atoms with Crippen molar-refractivity contribution in [1.29, 1.82) is 0 Å². The van der Waals surface area contributed by atoms with E-state index in [9.17, 15) is 4.79 Å². The van der Waals surface area contributed by atoms with Crippen LogP contribution < -0.4 is 10.1 Å². The highest BCUT2D eigenvalue weighted by molar-refractivity contribution is 7.98. The Hall–Kier alpha value is -1.78. The van der Waals surface area contributed by atoms with Crippen molar-refractivity contribution in [2.24, 2.45) is 0 Å². The van der Waals surface area contributed by atoms with Crippen molar-refractivity contribution in [3.05, 3.63) is 59.7 Å². The number of ketones is 1. The number of benzene rings is 2. The highest BCUT2D eigenvalue weighted by Crippen LogP contribution is 2.27. The summed E-state index contributed by atoms with van der Waals surface area (Å²) in [5.41, 5.74) is 2.48. The number of Topliss-reactive ketones (excluding diaryl/α,β-unsaturated/α-hetero) is 1. The zero-order valence-corrected chi connectivity index (χ0v) is 14.7. The van der Waals surface area contributed by atoms with Crippen molar-refractivity contribution < 1.29 is 9.53 Å². The monoisotopic (exact) mass is 329 g/mol. The molecule has 2 rings (SSSR count). The van der Waals surface area contributed by atoms with Gasteiger partial charge >= 0.3 is 0 Å².